The van der Waals surface area contributed by atoms with Gasteiger partial charge in [-0.3, -0.25) is 19.7 Å². The Morgan fingerprint density at radius 3 is 2.87 bits per heavy atom. The van der Waals surface area contributed by atoms with Crippen molar-refractivity contribution in [1.29, 1.82) is 0 Å². The van der Waals surface area contributed by atoms with Crippen LogP contribution in [0.25, 0.3) is 0 Å². The summed E-state index contributed by atoms with van der Waals surface area (Å²) in [5.41, 5.74) is 2.75. The molecule has 6 nitrogen and oxygen atoms in total. The van der Waals surface area contributed by atoms with Crippen molar-refractivity contribution in [1.82, 2.24) is 15.5 Å². The van der Waals surface area contributed by atoms with Gasteiger partial charge in [0.25, 0.3) is 5.91 Å². The van der Waals surface area contributed by atoms with Crippen molar-refractivity contribution < 1.29 is 14.4 Å². The molecule has 0 bridgehead atoms. The van der Waals surface area contributed by atoms with Crippen molar-refractivity contribution >= 4 is 17.7 Å². The number of piperidine rings is 1. The summed E-state index contributed by atoms with van der Waals surface area (Å²) in [5.74, 6) is -0.755. The number of fused-ring (bicyclic) bond motifs is 1. The van der Waals surface area contributed by atoms with Crippen LogP contribution in [-0.4, -0.2) is 35.2 Å². The molecule has 2 N–H and O–H groups in total. The molecule has 1 saturated heterocycles. The Kier molecular flexibility index (Phi) is 4.43. The lowest BCUT2D eigenvalue weighted by Gasteiger charge is -2.29. The summed E-state index contributed by atoms with van der Waals surface area (Å²) in [4.78, 5) is 37.4. The Morgan fingerprint density at radius 2 is 2.13 bits per heavy atom. The maximum absolute atomic E-state index is 12.5. The average Bonchev–Trinajstić information content (AvgIpc) is 2.84. The molecule has 0 aliphatic carbocycles. The third kappa shape index (κ3) is 3.12. The number of hydrogen-bond donors (Lipinski definition) is 2. The van der Waals surface area contributed by atoms with Gasteiger partial charge in [-0.05, 0) is 36.6 Å². The minimum absolute atomic E-state index is 0.123. The first-order valence-corrected chi connectivity index (χ1v) is 8.07. The highest BCUT2D eigenvalue weighted by molar-refractivity contribution is 6.05. The van der Waals surface area contributed by atoms with Crippen LogP contribution in [-0.2, 0) is 22.7 Å². The van der Waals surface area contributed by atoms with Gasteiger partial charge in [0.15, 0.2) is 0 Å². The van der Waals surface area contributed by atoms with E-state index in [-0.39, 0.29) is 24.1 Å². The Labute approximate surface area is 135 Å². The van der Waals surface area contributed by atoms with E-state index < -0.39 is 6.04 Å². The van der Waals surface area contributed by atoms with Crippen LogP contribution in [0, 0.1) is 0 Å². The Morgan fingerprint density at radius 1 is 1.30 bits per heavy atom. The predicted octanol–water partition coefficient (Wildman–Crippen LogP) is 0.947. The van der Waals surface area contributed by atoms with E-state index in [1.54, 1.807) is 4.90 Å². The fraction of sp³-hybridized carbons (Fsp3) is 0.471. The van der Waals surface area contributed by atoms with Crippen molar-refractivity contribution in [3.63, 3.8) is 0 Å². The van der Waals surface area contributed by atoms with E-state index in [2.05, 4.69) is 17.6 Å². The first kappa shape index (κ1) is 15.7. The first-order chi connectivity index (χ1) is 11.1. The zero-order valence-corrected chi connectivity index (χ0v) is 13.2. The van der Waals surface area contributed by atoms with Gasteiger partial charge in [-0.2, -0.15) is 0 Å². The molecule has 3 amide bonds. The molecular formula is C17H21N3O3. The van der Waals surface area contributed by atoms with Crippen LogP contribution < -0.4 is 10.6 Å². The normalized spacial score (nSPS) is 20.7. The fourth-order valence-corrected chi connectivity index (χ4v) is 3.15. The average molecular weight is 315 g/mol. The topological polar surface area (TPSA) is 78.5 Å². The molecule has 6 heteroatoms. The molecule has 2 aliphatic rings. The largest absolute Gasteiger partial charge is 0.322 e. The monoisotopic (exact) mass is 315 g/mol. The van der Waals surface area contributed by atoms with Crippen LogP contribution in [0.4, 0.5) is 0 Å². The van der Waals surface area contributed by atoms with Crippen LogP contribution in [0.15, 0.2) is 18.2 Å². The molecule has 2 aliphatic heterocycles. The molecule has 0 saturated carbocycles. The van der Waals surface area contributed by atoms with Gasteiger partial charge in [-0.25, -0.2) is 0 Å². The van der Waals surface area contributed by atoms with E-state index in [0.29, 0.717) is 18.5 Å². The predicted molar refractivity (Wildman–Crippen MR) is 84.5 cm³/mol. The molecule has 0 aromatic heterocycles. The second-order valence-electron chi connectivity index (χ2n) is 6.07. The van der Waals surface area contributed by atoms with E-state index in [0.717, 1.165) is 30.6 Å². The molecule has 23 heavy (non-hydrogen) atoms. The smallest absolute Gasteiger partial charge is 0.255 e. The van der Waals surface area contributed by atoms with Gasteiger partial charge in [-0.15, -0.1) is 0 Å². The summed E-state index contributed by atoms with van der Waals surface area (Å²) in [5, 5.41) is 5.66. The van der Waals surface area contributed by atoms with Crippen LogP contribution in [0.5, 0.6) is 0 Å². The molecule has 1 fully saturated rings. The molecular weight excluding hydrogens is 294 g/mol. The Balaban J connectivity index is 1.73. The molecule has 122 valence electrons. The standard InChI is InChI=1S/C17H21N3O3/c1-2-7-18-9-11-3-4-13-12(8-11)10-20(17(13)23)14-5-6-15(21)19-16(14)22/h3-4,8,14,18H,2,5-7,9-10H2,1H3,(H,19,21,22). The number of nitrogens with one attached hydrogen (secondary N) is 2. The van der Waals surface area contributed by atoms with Crippen molar-refractivity contribution in [3.8, 4) is 0 Å². The van der Waals surface area contributed by atoms with Crippen molar-refractivity contribution in [3.05, 3.63) is 34.9 Å². The minimum Gasteiger partial charge on any atom is -0.322 e. The number of benzene rings is 1. The van der Waals surface area contributed by atoms with E-state index >= 15 is 0 Å². The second-order valence-corrected chi connectivity index (χ2v) is 6.07. The highest BCUT2D eigenvalue weighted by Gasteiger charge is 2.38. The number of imide groups is 1. The molecule has 0 radical (unpaired) electrons. The van der Waals surface area contributed by atoms with Crippen LogP contribution in [0.3, 0.4) is 0 Å². The van der Waals surface area contributed by atoms with Gasteiger partial charge < -0.3 is 10.2 Å². The second kappa shape index (κ2) is 6.50. The van der Waals surface area contributed by atoms with E-state index in [1.807, 2.05) is 18.2 Å². The quantitative estimate of drug-likeness (QED) is 0.626. The van der Waals surface area contributed by atoms with Gasteiger partial charge in [0.05, 0.1) is 0 Å². The molecule has 1 aromatic rings. The fourth-order valence-electron chi connectivity index (χ4n) is 3.15. The third-order valence-corrected chi connectivity index (χ3v) is 4.34. The van der Waals surface area contributed by atoms with Crippen molar-refractivity contribution in [2.24, 2.45) is 0 Å². The summed E-state index contributed by atoms with van der Waals surface area (Å²) in [6.07, 6.45) is 1.75. The third-order valence-electron chi connectivity index (χ3n) is 4.34. The molecule has 2 heterocycles. The van der Waals surface area contributed by atoms with Crippen LogP contribution >= 0.6 is 0 Å². The maximum atomic E-state index is 12.5. The van der Waals surface area contributed by atoms with Gasteiger partial charge in [0.1, 0.15) is 6.04 Å². The lowest BCUT2D eigenvalue weighted by molar-refractivity contribution is -0.136. The highest BCUT2D eigenvalue weighted by atomic mass is 16.2. The SMILES string of the molecule is CCCNCc1ccc2c(c1)CN(C1CCC(=O)NC1=O)C2=O. The molecule has 1 unspecified atom stereocenters. The number of nitrogens with zero attached hydrogens (tertiary/aromatic N) is 1. The lowest BCUT2D eigenvalue weighted by atomic mass is 10.0. The van der Waals surface area contributed by atoms with E-state index in [9.17, 15) is 14.4 Å². The highest BCUT2D eigenvalue weighted by Crippen LogP contribution is 2.28. The summed E-state index contributed by atoms with van der Waals surface area (Å²) < 4.78 is 0. The molecule has 0 spiro atoms. The van der Waals surface area contributed by atoms with E-state index in [1.165, 1.54) is 0 Å². The zero-order chi connectivity index (χ0) is 16.4. The Bertz CT molecular complexity index is 656. The van der Waals surface area contributed by atoms with Crippen LogP contribution in [0.2, 0.25) is 0 Å². The summed E-state index contributed by atoms with van der Waals surface area (Å²) in [7, 11) is 0. The van der Waals surface area contributed by atoms with Gasteiger partial charge >= 0.3 is 0 Å². The van der Waals surface area contributed by atoms with E-state index in [4.69, 9.17) is 0 Å². The summed E-state index contributed by atoms with van der Waals surface area (Å²) >= 11 is 0. The van der Waals surface area contributed by atoms with Gasteiger partial charge in [0.2, 0.25) is 11.8 Å². The molecule has 1 atom stereocenters. The summed E-state index contributed by atoms with van der Waals surface area (Å²) in [6.45, 7) is 4.28. The van der Waals surface area contributed by atoms with Crippen LogP contribution in [0.1, 0.15) is 47.7 Å². The maximum Gasteiger partial charge on any atom is 0.255 e. The molecule has 3 rings (SSSR count). The number of carbonyl (C=O) groups is 3. The number of carbonyl (C=O) groups excluding carboxylic acids is 3. The first-order valence-electron chi connectivity index (χ1n) is 8.07. The number of amides is 3. The van der Waals surface area contributed by atoms with Crippen molar-refractivity contribution in [2.45, 2.75) is 45.3 Å². The zero-order valence-electron chi connectivity index (χ0n) is 13.2. The number of hydrogen-bond acceptors (Lipinski definition) is 4. The minimum atomic E-state index is -0.547. The number of rotatable bonds is 5. The van der Waals surface area contributed by atoms with Crippen molar-refractivity contribution in [2.75, 3.05) is 6.54 Å². The molecule has 1 aromatic carbocycles. The summed E-state index contributed by atoms with van der Waals surface area (Å²) in [6, 6.07) is 5.27. The lowest BCUT2D eigenvalue weighted by Crippen LogP contribution is -2.52. The van der Waals surface area contributed by atoms with Gasteiger partial charge in [-0.1, -0.05) is 19.1 Å². The Hall–Kier alpha value is -2.21. The van der Waals surface area contributed by atoms with Gasteiger partial charge in [0, 0.05) is 25.1 Å².